The molecule has 0 bridgehead atoms. The van der Waals surface area contributed by atoms with E-state index in [1.165, 1.54) is 32.2 Å². The van der Waals surface area contributed by atoms with Gasteiger partial charge in [-0.15, -0.1) is 0 Å². The Bertz CT molecular complexity index is 754. The average Bonchev–Trinajstić information content (AvgIpc) is 3.09. The van der Waals surface area contributed by atoms with Crippen molar-refractivity contribution in [1.82, 2.24) is 9.55 Å². The van der Waals surface area contributed by atoms with Crippen LogP contribution in [0.1, 0.15) is 47.9 Å². The molecule has 0 radical (unpaired) electrons. The second-order valence-electron chi connectivity index (χ2n) is 7.23. The zero-order valence-electron chi connectivity index (χ0n) is 16.6. The second-order valence-corrected chi connectivity index (χ2v) is 7.23. The third kappa shape index (κ3) is 8.28. The van der Waals surface area contributed by atoms with Crippen LogP contribution < -0.4 is 40.4 Å². The third-order valence-corrected chi connectivity index (χ3v) is 3.90. The quantitative estimate of drug-likeness (QED) is 0.624. The van der Waals surface area contributed by atoms with E-state index in [9.17, 15) is 9.59 Å². The van der Waals surface area contributed by atoms with Crippen LogP contribution >= 0.6 is 0 Å². The van der Waals surface area contributed by atoms with Gasteiger partial charge < -0.3 is 14.8 Å². The zero-order valence-corrected chi connectivity index (χ0v) is 18.6. The molecule has 142 valence electrons. The summed E-state index contributed by atoms with van der Waals surface area (Å²) in [5, 5.41) is 3.44. The molecular weight excluding hydrogens is 353 g/mol. The number of hydrogen-bond acceptors (Lipinski definition) is 5. The van der Waals surface area contributed by atoms with E-state index in [0.717, 1.165) is 11.5 Å². The van der Waals surface area contributed by atoms with E-state index in [1.807, 2.05) is 18.2 Å². The molecule has 1 fully saturated rings. The number of pyridine rings is 2. The van der Waals surface area contributed by atoms with Gasteiger partial charge in [0.1, 0.15) is 5.82 Å². The van der Waals surface area contributed by atoms with Crippen molar-refractivity contribution in [3.05, 3.63) is 53.1 Å². The summed E-state index contributed by atoms with van der Waals surface area (Å²) in [6.07, 6.45) is 8.54. The first kappa shape index (κ1) is 23.4. The van der Waals surface area contributed by atoms with E-state index in [-0.39, 0.29) is 42.1 Å². The Morgan fingerprint density at radius 3 is 2.41 bits per heavy atom. The molecule has 7 heteroatoms. The Kier molecular flexibility index (Phi) is 9.77. The summed E-state index contributed by atoms with van der Waals surface area (Å²) >= 11 is 0. The molecule has 1 saturated carbocycles. The molecule has 1 aliphatic carbocycles. The summed E-state index contributed by atoms with van der Waals surface area (Å²) < 4.78 is 6.01. The SMILES string of the molecule is CC(C)(C)O[C-]=O.O=c1ccccn1-c1ccc(NC2CCCC2)nc1.[HH].[Na+]. The monoisotopic (exact) mass is 381 g/mol. The number of rotatable bonds is 4. The van der Waals surface area contributed by atoms with Crippen molar-refractivity contribution in [3.63, 3.8) is 0 Å². The number of anilines is 1. The van der Waals surface area contributed by atoms with Gasteiger partial charge in [0.25, 0.3) is 5.56 Å². The molecule has 2 aromatic rings. The van der Waals surface area contributed by atoms with Crippen LogP contribution in [-0.4, -0.2) is 27.7 Å². The van der Waals surface area contributed by atoms with Gasteiger partial charge in [-0.2, -0.15) is 0 Å². The van der Waals surface area contributed by atoms with E-state index >= 15 is 0 Å². The predicted molar refractivity (Wildman–Crippen MR) is 104 cm³/mol. The number of nitrogens with zero attached hydrogens (tertiary/aromatic N) is 2. The Hall–Kier alpha value is -1.63. The van der Waals surface area contributed by atoms with E-state index in [2.05, 4.69) is 15.0 Å². The fraction of sp³-hybridized carbons (Fsp3) is 0.450. The zero-order chi connectivity index (χ0) is 19.0. The van der Waals surface area contributed by atoms with Crippen molar-refractivity contribution < 1.29 is 40.5 Å². The first-order valence-electron chi connectivity index (χ1n) is 8.85. The van der Waals surface area contributed by atoms with Crippen LogP contribution in [-0.2, 0) is 9.53 Å². The molecule has 0 spiro atoms. The van der Waals surface area contributed by atoms with Gasteiger partial charge >= 0.3 is 29.6 Å². The van der Waals surface area contributed by atoms with Gasteiger partial charge in [0.15, 0.2) is 0 Å². The first-order chi connectivity index (χ1) is 12.4. The Morgan fingerprint density at radius 2 is 1.93 bits per heavy atom. The minimum absolute atomic E-state index is 0. The standard InChI is InChI=1S/C15H17N3O.C5H9O2.Na.H2/c19-15-7-3-4-10-18(15)13-8-9-14(16-11-13)17-12-5-1-2-6-12;1-5(2,3)7-4-6;;/h3-4,7-12H,1-2,5-6H2,(H,16,17);1-3H3;;1H/q;-1;+1;. The fourth-order valence-electron chi connectivity index (χ4n) is 2.66. The second kappa shape index (κ2) is 11.3. The number of hydrogen-bond donors (Lipinski definition) is 1. The summed E-state index contributed by atoms with van der Waals surface area (Å²) in [6, 6.07) is 9.54. The van der Waals surface area contributed by atoms with Crippen molar-refractivity contribution in [2.45, 2.75) is 58.1 Å². The largest absolute Gasteiger partial charge is 1.00 e. The predicted octanol–water partition coefficient (Wildman–Crippen LogP) is 0.706. The van der Waals surface area contributed by atoms with E-state index in [0.29, 0.717) is 6.04 Å². The molecule has 27 heavy (non-hydrogen) atoms. The Morgan fingerprint density at radius 1 is 1.22 bits per heavy atom. The molecule has 0 aromatic carbocycles. The molecule has 0 saturated heterocycles. The Labute approximate surface area is 184 Å². The topological polar surface area (TPSA) is 73.2 Å². The van der Waals surface area contributed by atoms with Crippen molar-refractivity contribution in [2.75, 3.05) is 5.32 Å². The number of ether oxygens (including phenoxy) is 1. The molecule has 1 aliphatic rings. The maximum absolute atomic E-state index is 11.7. The van der Waals surface area contributed by atoms with Gasteiger partial charge in [0, 0.05) is 19.7 Å². The first-order valence-corrected chi connectivity index (χ1v) is 8.85. The molecule has 2 aromatic heterocycles. The normalized spacial score (nSPS) is 13.7. The average molecular weight is 381 g/mol. The van der Waals surface area contributed by atoms with Gasteiger partial charge in [0.2, 0.25) is 0 Å². The van der Waals surface area contributed by atoms with Gasteiger partial charge in [-0.05, 0) is 51.8 Å². The van der Waals surface area contributed by atoms with Gasteiger partial charge in [-0.25, -0.2) is 4.98 Å². The van der Waals surface area contributed by atoms with E-state index in [1.54, 1.807) is 49.9 Å². The summed E-state index contributed by atoms with van der Waals surface area (Å²) in [5.41, 5.74) is 0.380. The summed E-state index contributed by atoms with van der Waals surface area (Å²) in [6.45, 7) is 6.73. The van der Waals surface area contributed by atoms with Crippen LogP contribution in [0.25, 0.3) is 5.69 Å². The van der Waals surface area contributed by atoms with Crippen molar-refractivity contribution >= 4 is 12.3 Å². The van der Waals surface area contributed by atoms with Gasteiger partial charge in [-0.3, -0.25) is 9.36 Å². The molecule has 1 N–H and O–H groups in total. The van der Waals surface area contributed by atoms with Crippen LogP contribution in [0.2, 0.25) is 0 Å². The van der Waals surface area contributed by atoms with E-state index in [4.69, 9.17) is 0 Å². The maximum Gasteiger partial charge on any atom is 1.00 e. The summed E-state index contributed by atoms with van der Waals surface area (Å²) in [5.74, 6) is 0.889. The number of carbonyl (C=O) groups excluding carboxylic acids is 1. The van der Waals surface area contributed by atoms with Gasteiger partial charge in [-0.1, -0.05) is 25.4 Å². The summed E-state index contributed by atoms with van der Waals surface area (Å²) in [7, 11) is 0. The van der Waals surface area contributed by atoms with Crippen LogP contribution in [0.15, 0.2) is 47.5 Å². The van der Waals surface area contributed by atoms with Crippen molar-refractivity contribution in [3.8, 4) is 5.69 Å². The summed E-state index contributed by atoms with van der Waals surface area (Å²) in [4.78, 5) is 25.6. The van der Waals surface area contributed by atoms with E-state index < -0.39 is 0 Å². The third-order valence-electron chi connectivity index (χ3n) is 3.90. The molecule has 0 aliphatic heterocycles. The molecule has 0 unspecified atom stereocenters. The molecule has 0 atom stereocenters. The minimum Gasteiger partial charge on any atom is -0.649 e. The van der Waals surface area contributed by atoms with Crippen molar-refractivity contribution in [1.29, 1.82) is 0 Å². The van der Waals surface area contributed by atoms with Crippen LogP contribution in [0.4, 0.5) is 5.82 Å². The smallest absolute Gasteiger partial charge is 0.649 e. The molecule has 0 amide bonds. The van der Waals surface area contributed by atoms with Crippen molar-refractivity contribution in [2.24, 2.45) is 0 Å². The molecule has 2 heterocycles. The number of nitrogens with one attached hydrogen (secondary N) is 1. The van der Waals surface area contributed by atoms with Crippen LogP contribution in [0.5, 0.6) is 0 Å². The maximum atomic E-state index is 11.7. The fourth-order valence-corrected chi connectivity index (χ4v) is 2.66. The molecular formula is C20H28N3NaO3. The molecule has 3 rings (SSSR count). The van der Waals surface area contributed by atoms with Gasteiger partial charge in [0.05, 0.1) is 17.5 Å². The Balaban J connectivity index is 0.000000707. The minimum atomic E-state index is -0.373. The van der Waals surface area contributed by atoms with Crippen LogP contribution in [0.3, 0.4) is 0 Å². The number of aromatic nitrogens is 2. The molecule has 6 nitrogen and oxygen atoms in total. The van der Waals surface area contributed by atoms with Crippen LogP contribution in [0, 0.1) is 0 Å².